The van der Waals surface area contributed by atoms with E-state index in [0.29, 0.717) is 16.7 Å². The molecule has 0 amide bonds. The molecule has 1 aliphatic carbocycles. The van der Waals surface area contributed by atoms with E-state index in [9.17, 15) is 0 Å². The van der Waals surface area contributed by atoms with E-state index in [1.165, 1.54) is 6.42 Å². The summed E-state index contributed by atoms with van der Waals surface area (Å²) in [6.45, 7) is 14.0. The Labute approximate surface area is 89.1 Å². The van der Waals surface area contributed by atoms with Gasteiger partial charge in [-0.05, 0) is 23.2 Å². The summed E-state index contributed by atoms with van der Waals surface area (Å²) in [5, 5.41) is 0. The molecule has 0 heterocycles. The highest BCUT2D eigenvalue weighted by Gasteiger charge is 2.33. The van der Waals surface area contributed by atoms with Gasteiger partial charge in [-0.3, -0.25) is 0 Å². The molecule has 80 valence electrons. The molecule has 0 saturated heterocycles. The van der Waals surface area contributed by atoms with Gasteiger partial charge < -0.3 is 0 Å². The van der Waals surface area contributed by atoms with Crippen molar-refractivity contribution in [3.05, 3.63) is 23.8 Å². The zero-order valence-electron chi connectivity index (χ0n) is 10.5. The molecule has 0 aliphatic heterocycles. The first-order valence-corrected chi connectivity index (χ1v) is 5.60. The van der Waals surface area contributed by atoms with Crippen molar-refractivity contribution in [2.45, 2.75) is 48.0 Å². The predicted molar refractivity (Wildman–Crippen MR) is 64.2 cm³/mol. The second kappa shape index (κ2) is 3.56. The molecule has 0 radical (unpaired) electrons. The van der Waals surface area contributed by atoms with Crippen molar-refractivity contribution in [3.63, 3.8) is 0 Å². The van der Waals surface area contributed by atoms with Gasteiger partial charge in [0, 0.05) is 0 Å². The van der Waals surface area contributed by atoms with Gasteiger partial charge in [-0.2, -0.15) is 0 Å². The molecule has 0 aromatic heterocycles. The van der Waals surface area contributed by atoms with Gasteiger partial charge in [0.25, 0.3) is 0 Å². The molecule has 1 unspecified atom stereocenters. The van der Waals surface area contributed by atoms with Crippen LogP contribution >= 0.6 is 0 Å². The Morgan fingerprint density at radius 1 is 1.07 bits per heavy atom. The Bertz CT molecular complexity index is 253. The summed E-state index contributed by atoms with van der Waals surface area (Å²) in [7, 11) is 0. The zero-order valence-corrected chi connectivity index (χ0v) is 10.5. The van der Waals surface area contributed by atoms with Gasteiger partial charge >= 0.3 is 0 Å². The van der Waals surface area contributed by atoms with Gasteiger partial charge in [-0.15, -0.1) is 0 Å². The SMILES string of the molecule is CC(C)(C)C1=CC=CCC1C(C)(C)C. The minimum atomic E-state index is 0.308. The van der Waals surface area contributed by atoms with Crippen molar-refractivity contribution in [2.24, 2.45) is 16.7 Å². The van der Waals surface area contributed by atoms with Gasteiger partial charge in [-0.1, -0.05) is 65.3 Å². The quantitative estimate of drug-likeness (QED) is 0.527. The molecule has 0 heteroatoms. The lowest BCUT2D eigenvalue weighted by molar-refractivity contribution is 0.242. The summed E-state index contributed by atoms with van der Waals surface area (Å²) >= 11 is 0. The van der Waals surface area contributed by atoms with E-state index in [1.54, 1.807) is 5.57 Å². The number of rotatable bonds is 0. The van der Waals surface area contributed by atoms with Gasteiger partial charge in [0.15, 0.2) is 0 Å². The van der Waals surface area contributed by atoms with E-state index in [0.717, 1.165) is 0 Å². The maximum absolute atomic E-state index is 2.34. The highest BCUT2D eigenvalue weighted by Crippen LogP contribution is 2.44. The number of hydrogen-bond donors (Lipinski definition) is 0. The van der Waals surface area contributed by atoms with E-state index in [-0.39, 0.29) is 0 Å². The van der Waals surface area contributed by atoms with Crippen LogP contribution in [0.5, 0.6) is 0 Å². The third-order valence-corrected chi connectivity index (χ3v) is 3.07. The van der Waals surface area contributed by atoms with Crippen LogP contribution in [0, 0.1) is 16.7 Å². The molecule has 1 rings (SSSR count). The fourth-order valence-electron chi connectivity index (χ4n) is 2.22. The fourth-order valence-corrected chi connectivity index (χ4v) is 2.22. The summed E-state index contributed by atoms with van der Waals surface area (Å²) in [5.74, 6) is 0.701. The standard InChI is InChI=1S/C14H24/c1-13(2,3)11-9-7-8-10-12(11)14(4,5)6/h7-9,12H,10H2,1-6H3. The molecular weight excluding hydrogens is 168 g/mol. The summed E-state index contributed by atoms with van der Waals surface area (Å²) < 4.78 is 0. The summed E-state index contributed by atoms with van der Waals surface area (Å²) in [4.78, 5) is 0. The fraction of sp³-hybridized carbons (Fsp3) is 0.714. The van der Waals surface area contributed by atoms with E-state index >= 15 is 0 Å². The molecule has 0 fully saturated rings. The van der Waals surface area contributed by atoms with Crippen LogP contribution < -0.4 is 0 Å². The Morgan fingerprint density at radius 2 is 1.64 bits per heavy atom. The van der Waals surface area contributed by atoms with Gasteiger partial charge in [-0.25, -0.2) is 0 Å². The average Bonchev–Trinajstić information content (AvgIpc) is 2.01. The van der Waals surface area contributed by atoms with Crippen LogP contribution in [0.25, 0.3) is 0 Å². The van der Waals surface area contributed by atoms with Crippen molar-refractivity contribution in [1.82, 2.24) is 0 Å². The molecule has 0 nitrogen and oxygen atoms in total. The molecule has 0 spiro atoms. The second-order valence-corrected chi connectivity index (χ2v) is 6.45. The number of hydrogen-bond acceptors (Lipinski definition) is 0. The predicted octanol–water partition coefficient (Wildman–Crippen LogP) is 4.58. The van der Waals surface area contributed by atoms with Crippen LogP contribution in [0.1, 0.15) is 48.0 Å². The minimum absolute atomic E-state index is 0.308. The maximum atomic E-state index is 2.34. The van der Waals surface area contributed by atoms with Crippen LogP contribution in [0.15, 0.2) is 23.8 Å². The van der Waals surface area contributed by atoms with E-state index in [1.807, 2.05) is 0 Å². The van der Waals surface area contributed by atoms with E-state index in [2.05, 4.69) is 59.8 Å². The summed E-state index contributed by atoms with van der Waals surface area (Å²) in [6, 6.07) is 0. The lowest BCUT2D eigenvalue weighted by Crippen LogP contribution is -2.29. The first kappa shape index (κ1) is 11.6. The highest BCUT2D eigenvalue weighted by atomic mass is 14.4. The first-order chi connectivity index (χ1) is 6.23. The van der Waals surface area contributed by atoms with E-state index < -0.39 is 0 Å². The molecule has 14 heavy (non-hydrogen) atoms. The molecular formula is C14H24. The smallest absolute Gasteiger partial charge is 0.0111 e. The van der Waals surface area contributed by atoms with Crippen LogP contribution in [0.2, 0.25) is 0 Å². The number of allylic oxidation sites excluding steroid dienone is 4. The van der Waals surface area contributed by atoms with Crippen LogP contribution in [-0.4, -0.2) is 0 Å². The molecule has 0 bridgehead atoms. The largest absolute Gasteiger partial charge is 0.0839 e. The normalized spacial score (nSPS) is 23.6. The lowest BCUT2D eigenvalue weighted by atomic mass is 9.66. The third kappa shape index (κ3) is 2.50. The minimum Gasteiger partial charge on any atom is -0.0839 e. The Kier molecular flexibility index (Phi) is 2.94. The van der Waals surface area contributed by atoms with Gasteiger partial charge in [0.05, 0.1) is 0 Å². The molecule has 0 aromatic rings. The summed E-state index contributed by atoms with van der Waals surface area (Å²) in [5.41, 5.74) is 2.29. The molecule has 1 atom stereocenters. The monoisotopic (exact) mass is 192 g/mol. The van der Waals surface area contributed by atoms with Crippen molar-refractivity contribution in [3.8, 4) is 0 Å². The maximum Gasteiger partial charge on any atom is -0.0111 e. The van der Waals surface area contributed by atoms with Crippen LogP contribution in [0.4, 0.5) is 0 Å². The van der Waals surface area contributed by atoms with E-state index in [4.69, 9.17) is 0 Å². The van der Waals surface area contributed by atoms with Gasteiger partial charge in [0.1, 0.15) is 0 Å². The Morgan fingerprint density at radius 3 is 2.00 bits per heavy atom. The lowest BCUT2D eigenvalue weighted by Gasteiger charge is -2.39. The first-order valence-electron chi connectivity index (χ1n) is 5.60. The van der Waals surface area contributed by atoms with Crippen LogP contribution in [0.3, 0.4) is 0 Å². The van der Waals surface area contributed by atoms with Crippen LogP contribution in [-0.2, 0) is 0 Å². The highest BCUT2D eigenvalue weighted by molar-refractivity contribution is 5.27. The summed E-state index contributed by atoms with van der Waals surface area (Å²) in [6.07, 6.45) is 8.03. The molecule has 0 saturated carbocycles. The van der Waals surface area contributed by atoms with Crippen molar-refractivity contribution in [2.75, 3.05) is 0 Å². The second-order valence-electron chi connectivity index (χ2n) is 6.45. The third-order valence-electron chi connectivity index (χ3n) is 3.07. The topological polar surface area (TPSA) is 0 Å². The average molecular weight is 192 g/mol. The Hall–Kier alpha value is -0.520. The van der Waals surface area contributed by atoms with Crippen molar-refractivity contribution >= 4 is 0 Å². The van der Waals surface area contributed by atoms with Crippen molar-refractivity contribution < 1.29 is 0 Å². The molecule has 0 N–H and O–H groups in total. The van der Waals surface area contributed by atoms with Gasteiger partial charge in [0.2, 0.25) is 0 Å². The Balaban J connectivity index is 3.00. The molecule has 0 aromatic carbocycles. The zero-order chi connectivity index (χ0) is 11.0. The van der Waals surface area contributed by atoms with Crippen molar-refractivity contribution in [1.29, 1.82) is 0 Å². The molecule has 1 aliphatic rings.